The highest BCUT2D eigenvalue weighted by Gasteiger charge is 2.28. The van der Waals surface area contributed by atoms with Gasteiger partial charge in [-0.3, -0.25) is 9.59 Å². The second-order valence-electron chi connectivity index (χ2n) is 7.58. The first-order chi connectivity index (χ1) is 15.0. The Kier molecular flexibility index (Phi) is 5.62. The summed E-state index contributed by atoms with van der Waals surface area (Å²) in [7, 11) is 1.53. The molecule has 5 N–H and O–H groups in total. The van der Waals surface area contributed by atoms with Gasteiger partial charge in [-0.05, 0) is 37.0 Å². The van der Waals surface area contributed by atoms with Gasteiger partial charge in [0.15, 0.2) is 0 Å². The van der Waals surface area contributed by atoms with Crippen LogP contribution in [0.1, 0.15) is 51.6 Å². The van der Waals surface area contributed by atoms with E-state index >= 15 is 0 Å². The maximum absolute atomic E-state index is 12.5. The third-order valence-corrected chi connectivity index (χ3v) is 5.65. The molecule has 3 aromatic rings. The predicted molar refractivity (Wildman–Crippen MR) is 118 cm³/mol. The van der Waals surface area contributed by atoms with Crippen LogP contribution in [0, 0.1) is 0 Å². The van der Waals surface area contributed by atoms with Crippen molar-refractivity contribution < 1.29 is 14.3 Å². The van der Waals surface area contributed by atoms with Gasteiger partial charge in [0.2, 0.25) is 0 Å². The van der Waals surface area contributed by atoms with Crippen molar-refractivity contribution in [2.24, 2.45) is 5.73 Å². The number of anilines is 1. The molecule has 1 aliphatic carbocycles. The Labute approximate surface area is 180 Å². The average Bonchev–Trinajstić information content (AvgIpc) is 3.08. The summed E-state index contributed by atoms with van der Waals surface area (Å²) in [6, 6.07) is 14.7. The number of aromatic nitrogens is 2. The molecule has 0 unspecified atom stereocenters. The topological polar surface area (TPSA) is 125 Å². The number of nitrogens with zero attached hydrogens (tertiary/aromatic N) is 2. The van der Waals surface area contributed by atoms with Crippen LogP contribution in [0.5, 0.6) is 5.75 Å². The predicted octanol–water partition coefficient (Wildman–Crippen LogP) is 2.89. The standard InChI is InChI=1S/C23H25N5O3/c1-31-18-8-3-2-7-17(18)23(30)26-13-14-9-11-15(12-10-14)20-19(22(25)29)21(24)28(27-20)16-5-4-6-16/h2-3,7-12,16H,4-6,13,24H2,1H3,(H2,25,29)(H,26,30). The lowest BCUT2D eigenvalue weighted by molar-refractivity contribution is 0.0946. The summed E-state index contributed by atoms with van der Waals surface area (Å²) in [4.78, 5) is 24.5. The van der Waals surface area contributed by atoms with E-state index in [1.54, 1.807) is 22.9 Å². The van der Waals surface area contributed by atoms with E-state index in [9.17, 15) is 9.59 Å². The minimum absolute atomic E-state index is 0.218. The number of hydrogen-bond acceptors (Lipinski definition) is 5. The van der Waals surface area contributed by atoms with Gasteiger partial charge in [-0.2, -0.15) is 5.10 Å². The number of nitrogen functional groups attached to an aromatic ring is 1. The number of para-hydroxylation sites is 1. The van der Waals surface area contributed by atoms with Gasteiger partial charge in [-0.25, -0.2) is 4.68 Å². The summed E-state index contributed by atoms with van der Waals surface area (Å²) >= 11 is 0. The number of benzene rings is 2. The van der Waals surface area contributed by atoms with E-state index in [1.165, 1.54) is 7.11 Å². The second-order valence-corrected chi connectivity index (χ2v) is 7.58. The van der Waals surface area contributed by atoms with Gasteiger partial charge < -0.3 is 21.5 Å². The maximum atomic E-state index is 12.5. The van der Waals surface area contributed by atoms with E-state index in [-0.39, 0.29) is 17.5 Å². The fourth-order valence-electron chi connectivity index (χ4n) is 3.69. The second kappa shape index (κ2) is 8.51. The molecule has 1 fully saturated rings. The molecule has 0 aliphatic heterocycles. The van der Waals surface area contributed by atoms with Gasteiger partial charge in [0.25, 0.3) is 11.8 Å². The zero-order chi connectivity index (χ0) is 22.0. The van der Waals surface area contributed by atoms with E-state index in [4.69, 9.17) is 16.2 Å². The summed E-state index contributed by atoms with van der Waals surface area (Å²) < 4.78 is 6.96. The lowest BCUT2D eigenvalue weighted by Crippen LogP contribution is -2.23. The van der Waals surface area contributed by atoms with Crippen LogP contribution >= 0.6 is 0 Å². The van der Waals surface area contributed by atoms with E-state index in [0.717, 1.165) is 30.4 Å². The quantitative estimate of drug-likeness (QED) is 0.543. The van der Waals surface area contributed by atoms with Gasteiger partial charge in [0, 0.05) is 12.1 Å². The van der Waals surface area contributed by atoms with Crippen molar-refractivity contribution in [3.05, 3.63) is 65.2 Å². The Morgan fingerprint density at radius 3 is 2.48 bits per heavy atom. The molecule has 1 aliphatic rings. The van der Waals surface area contributed by atoms with Crippen molar-refractivity contribution in [1.82, 2.24) is 15.1 Å². The van der Waals surface area contributed by atoms with Gasteiger partial charge in [0.05, 0.1) is 18.7 Å². The normalized spacial score (nSPS) is 13.5. The molecule has 8 nitrogen and oxygen atoms in total. The highest BCUT2D eigenvalue weighted by atomic mass is 16.5. The Hall–Kier alpha value is -3.81. The number of methoxy groups -OCH3 is 1. The monoisotopic (exact) mass is 419 g/mol. The van der Waals surface area contributed by atoms with Crippen LogP contribution in [-0.2, 0) is 6.54 Å². The molecule has 0 radical (unpaired) electrons. The third kappa shape index (κ3) is 3.96. The minimum Gasteiger partial charge on any atom is -0.496 e. The third-order valence-electron chi connectivity index (χ3n) is 5.65. The molecule has 1 saturated carbocycles. The van der Waals surface area contributed by atoms with E-state index < -0.39 is 5.91 Å². The lowest BCUT2D eigenvalue weighted by Gasteiger charge is -2.26. The maximum Gasteiger partial charge on any atom is 0.255 e. The number of carbonyl (C=O) groups is 2. The molecule has 0 saturated heterocycles. The van der Waals surface area contributed by atoms with Crippen LogP contribution in [0.3, 0.4) is 0 Å². The minimum atomic E-state index is -0.591. The zero-order valence-corrected chi connectivity index (χ0v) is 17.3. The van der Waals surface area contributed by atoms with E-state index in [0.29, 0.717) is 29.4 Å². The first-order valence-corrected chi connectivity index (χ1v) is 10.2. The number of nitrogens with two attached hydrogens (primary N) is 2. The summed E-state index contributed by atoms with van der Waals surface area (Å²) in [5.74, 6) is 0.0325. The molecule has 1 aromatic heterocycles. The van der Waals surface area contributed by atoms with Crippen LogP contribution in [0.2, 0.25) is 0 Å². The van der Waals surface area contributed by atoms with Gasteiger partial charge in [-0.1, -0.05) is 36.4 Å². The SMILES string of the molecule is COc1ccccc1C(=O)NCc1ccc(-c2nn(C3CCC3)c(N)c2C(N)=O)cc1. The Bertz CT molecular complexity index is 1120. The number of carbonyl (C=O) groups excluding carboxylic acids is 2. The number of nitrogens with one attached hydrogen (secondary N) is 1. The van der Waals surface area contributed by atoms with E-state index in [1.807, 2.05) is 30.3 Å². The van der Waals surface area contributed by atoms with Crippen molar-refractivity contribution in [3.8, 4) is 17.0 Å². The zero-order valence-electron chi connectivity index (χ0n) is 17.3. The smallest absolute Gasteiger partial charge is 0.255 e. The van der Waals surface area contributed by atoms with Crippen molar-refractivity contribution in [1.29, 1.82) is 0 Å². The van der Waals surface area contributed by atoms with Crippen molar-refractivity contribution >= 4 is 17.6 Å². The Morgan fingerprint density at radius 1 is 1.16 bits per heavy atom. The molecule has 8 heteroatoms. The average molecular weight is 419 g/mol. The van der Waals surface area contributed by atoms with Crippen LogP contribution in [0.25, 0.3) is 11.3 Å². The van der Waals surface area contributed by atoms with Crippen molar-refractivity contribution in [2.45, 2.75) is 31.8 Å². The molecule has 1 heterocycles. The van der Waals surface area contributed by atoms with Crippen LogP contribution in [-0.4, -0.2) is 28.7 Å². The van der Waals surface area contributed by atoms with Gasteiger partial charge in [0.1, 0.15) is 22.8 Å². The van der Waals surface area contributed by atoms with Crippen molar-refractivity contribution in [3.63, 3.8) is 0 Å². The Morgan fingerprint density at radius 2 is 1.87 bits per heavy atom. The number of rotatable bonds is 7. The van der Waals surface area contributed by atoms with Gasteiger partial charge >= 0.3 is 0 Å². The van der Waals surface area contributed by atoms with E-state index in [2.05, 4.69) is 10.4 Å². The van der Waals surface area contributed by atoms with Gasteiger partial charge in [-0.15, -0.1) is 0 Å². The van der Waals surface area contributed by atoms with Crippen LogP contribution in [0.4, 0.5) is 5.82 Å². The summed E-state index contributed by atoms with van der Waals surface area (Å²) in [6.07, 6.45) is 3.11. The largest absolute Gasteiger partial charge is 0.496 e. The fourth-order valence-corrected chi connectivity index (χ4v) is 3.69. The number of primary amides is 1. The highest BCUT2D eigenvalue weighted by molar-refractivity contribution is 6.03. The molecule has 0 atom stereocenters. The number of ether oxygens (including phenoxy) is 1. The molecule has 0 spiro atoms. The lowest BCUT2D eigenvalue weighted by atomic mass is 9.93. The summed E-state index contributed by atoms with van der Waals surface area (Å²) in [6.45, 7) is 0.346. The Balaban J connectivity index is 1.51. The summed E-state index contributed by atoms with van der Waals surface area (Å²) in [5.41, 5.74) is 14.6. The molecular weight excluding hydrogens is 394 g/mol. The number of amides is 2. The molecule has 160 valence electrons. The fraction of sp³-hybridized carbons (Fsp3) is 0.261. The first-order valence-electron chi connectivity index (χ1n) is 10.2. The molecular formula is C23H25N5O3. The molecule has 31 heavy (non-hydrogen) atoms. The molecule has 0 bridgehead atoms. The highest BCUT2D eigenvalue weighted by Crippen LogP contribution is 2.36. The van der Waals surface area contributed by atoms with Crippen LogP contribution in [0.15, 0.2) is 48.5 Å². The van der Waals surface area contributed by atoms with Crippen LogP contribution < -0.4 is 21.5 Å². The molecule has 2 aromatic carbocycles. The summed E-state index contributed by atoms with van der Waals surface area (Å²) in [5, 5.41) is 7.48. The van der Waals surface area contributed by atoms with Crippen molar-refractivity contribution in [2.75, 3.05) is 12.8 Å². The first kappa shape index (κ1) is 20.5. The molecule has 4 rings (SSSR count). The molecule has 2 amide bonds. The number of hydrogen-bond donors (Lipinski definition) is 3.